The van der Waals surface area contributed by atoms with Gasteiger partial charge in [-0.3, -0.25) is 0 Å². The van der Waals surface area contributed by atoms with E-state index < -0.39 is 11.6 Å². The monoisotopic (exact) mass is 397 g/mol. The van der Waals surface area contributed by atoms with Crippen LogP contribution < -0.4 is 0 Å². The van der Waals surface area contributed by atoms with Gasteiger partial charge in [-0.2, -0.15) is 0 Å². The number of fused-ring (bicyclic) bond motifs is 1. The molecule has 29 heavy (non-hydrogen) atoms. The number of halogens is 2. The van der Waals surface area contributed by atoms with E-state index in [9.17, 15) is 8.78 Å². The second kappa shape index (κ2) is 7.10. The van der Waals surface area contributed by atoms with E-state index in [0.29, 0.717) is 18.1 Å². The second-order valence-electron chi connectivity index (χ2n) is 8.44. The molecule has 2 atom stereocenters. The average Bonchev–Trinajstić information content (AvgIpc) is 3.12. The largest absolute Gasteiger partial charge is 0.455 e. The fraction of sp³-hybridized carbons (Fsp3) is 0.435. The van der Waals surface area contributed by atoms with Crippen LogP contribution >= 0.6 is 0 Å². The van der Waals surface area contributed by atoms with E-state index in [-0.39, 0.29) is 11.6 Å². The first-order valence-electron chi connectivity index (χ1n) is 10.3. The zero-order valence-electron chi connectivity index (χ0n) is 16.6. The maximum Gasteiger partial charge on any atom is 0.288 e. The van der Waals surface area contributed by atoms with Crippen molar-refractivity contribution in [1.82, 2.24) is 9.80 Å². The van der Waals surface area contributed by atoms with Crippen LogP contribution in [0.15, 0.2) is 47.5 Å². The molecule has 1 saturated heterocycles. The fourth-order valence-corrected chi connectivity index (χ4v) is 4.97. The lowest BCUT2D eigenvalue weighted by atomic mass is 9.88. The molecule has 0 N–H and O–H groups in total. The van der Waals surface area contributed by atoms with Gasteiger partial charge in [-0.1, -0.05) is 30.3 Å². The zero-order valence-corrected chi connectivity index (χ0v) is 16.6. The summed E-state index contributed by atoms with van der Waals surface area (Å²) in [5, 5.41) is 0. The molecular formula is C23H25F2N3O. The average molecular weight is 397 g/mol. The van der Waals surface area contributed by atoms with Crippen molar-refractivity contribution in [2.24, 2.45) is 4.99 Å². The molecule has 6 heteroatoms. The third-order valence-electron chi connectivity index (χ3n) is 6.33. The van der Waals surface area contributed by atoms with Gasteiger partial charge < -0.3 is 14.5 Å². The number of hydrogen-bond acceptors (Lipinski definition) is 4. The molecule has 0 saturated carbocycles. The topological polar surface area (TPSA) is 28.1 Å². The highest BCUT2D eigenvalue weighted by atomic mass is 19.2. The van der Waals surface area contributed by atoms with Crippen molar-refractivity contribution < 1.29 is 13.5 Å². The van der Waals surface area contributed by atoms with Gasteiger partial charge in [0.25, 0.3) is 6.02 Å². The smallest absolute Gasteiger partial charge is 0.288 e. The molecule has 0 unspecified atom stereocenters. The number of likely N-dealkylation sites (tertiary alicyclic amines) is 1. The summed E-state index contributed by atoms with van der Waals surface area (Å²) < 4.78 is 34.2. The SMILES string of the molecule is CN1CCC[C@]2(CN=C(N3CCc4ccccc4[C@H]3c3ccc(F)c(F)c3)O2)C1. The lowest BCUT2D eigenvalue weighted by molar-refractivity contribution is 0.000258. The van der Waals surface area contributed by atoms with Crippen molar-refractivity contribution in [3.05, 3.63) is 70.8 Å². The van der Waals surface area contributed by atoms with Crippen molar-refractivity contribution in [2.75, 3.05) is 33.2 Å². The molecule has 2 aromatic rings. The molecule has 152 valence electrons. The van der Waals surface area contributed by atoms with Gasteiger partial charge in [0, 0.05) is 13.1 Å². The summed E-state index contributed by atoms with van der Waals surface area (Å²) in [7, 11) is 2.11. The van der Waals surface area contributed by atoms with E-state index in [1.54, 1.807) is 6.07 Å². The normalized spacial score (nSPS) is 26.9. The minimum atomic E-state index is -0.831. The van der Waals surface area contributed by atoms with Gasteiger partial charge in [0.05, 0.1) is 12.6 Å². The first-order valence-corrected chi connectivity index (χ1v) is 10.3. The van der Waals surface area contributed by atoms with Gasteiger partial charge in [0.2, 0.25) is 0 Å². The van der Waals surface area contributed by atoms with E-state index in [2.05, 4.69) is 29.0 Å². The molecule has 2 aromatic carbocycles. The minimum absolute atomic E-state index is 0.245. The van der Waals surface area contributed by atoms with Gasteiger partial charge in [0.15, 0.2) is 11.6 Å². The molecule has 0 aromatic heterocycles. The third-order valence-corrected chi connectivity index (χ3v) is 6.33. The quantitative estimate of drug-likeness (QED) is 0.734. The lowest BCUT2D eigenvalue weighted by Crippen LogP contribution is -2.51. The van der Waals surface area contributed by atoms with E-state index in [0.717, 1.165) is 44.5 Å². The maximum atomic E-state index is 14.1. The standard InChI is InChI=1S/C23H25F2N3O/c1-27-11-4-10-23(15-27)14-26-22(29-23)28-12-9-16-5-2-3-6-18(16)21(28)17-7-8-19(24)20(25)13-17/h2-3,5-8,13,21H,4,9-12,14-15H2,1H3/t21-,23+/m1/s1. The zero-order chi connectivity index (χ0) is 20.0. The number of piperidine rings is 1. The Hall–Kier alpha value is -2.47. The lowest BCUT2D eigenvalue weighted by Gasteiger charge is -2.41. The van der Waals surface area contributed by atoms with Crippen LogP contribution in [0, 0.1) is 11.6 Å². The molecule has 5 rings (SSSR count). The van der Waals surface area contributed by atoms with Crippen LogP contribution in [0.4, 0.5) is 8.78 Å². The van der Waals surface area contributed by atoms with Crippen LogP contribution in [0.5, 0.6) is 0 Å². The molecule has 0 bridgehead atoms. The number of aliphatic imine (C=N–C) groups is 1. The molecule has 4 nitrogen and oxygen atoms in total. The van der Waals surface area contributed by atoms with E-state index in [1.807, 2.05) is 12.1 Å². The van der Waals surface area contributed by atoms with Gasteiger partial charge in [-0.05, 0) is 61.7 Å². The van der Waals surface area contributed by atoms with Crippen LogP contribution in [0.2, 0.25) is 0 Å². The Bertz CT molecular complexity index is 963. The molecule has 0 aliphatic carbocycles. The predicted octanol–water partition coefficient (Wildman–Crippen LogP) is 3.76. The highest BCUT2D eigenvalue weighted by molar-refractivity contribution is 5.78. The number of hydrogen-bond donors (Lipinski definition) is 0. The molecule has 3 heterocycles. The van der Waals surface area contributed by atoms with E-state index in [4.69, 9.17) is 9.73 Å². The Labute approximate surface area is 169 Å². The summed E-state index contributed by atoms with van der Waals surface area (Å²) in [6.07, 6.45) is 2.95. The molecule has 1 spiro atoms. The van der Waals surface area contributed by atoms with Crippen molar-refractivity contribution in [3.8, 4) is 0 Å². The van der Waals surface area contributed by atoms with Gasteiger partial charge >= 0.3 is 0 Å². The third kappa shape index (κ3) is 3.29. The van der Waals surface area contributed by atoms with Gasteiger partial charge in [-0.25, -0.2) is 13.8 Å². The highest BCUT2D eigenvalue weighted by Gasteiger charge is 2.44. The van der Waals surface area contributed by atoms with Crippen LogP contribution in [0.3, 0.4) is 0 Å². The molecule has 3 aliphatic rings. The summed E-state index contributed by atoms with van der Waals surface area (Å²) in [4.78, 5) is 9.20. The van der Waals surface area contributed by atoms with E-state index >= 15 is 0 Å². The van der Waals surface area contributed by atoms with Crippen LogP contribution in [0.1, 0.15) is 35.6 Å². The second-order valence-corrected chi connectivity index (χ2v) is 8.44. The van der Waals surface area contributed by atoms with Crippen molar-refractivity contribution in [1.29, 1.82) is 0 Å². The predicted molar refractivity (Wildman–Crippen MR) is 108 cm³/mol. The van der Waals surface area contributed by atoms with Gasteiger partial charge in [0.1, 0.15) is 5.60 Å². The van der Waals surface area contributed by atoms with E-state index in [1.165, 1.54) is 17.7 Å². The fourth-order valence-electron chi connectivity index (χ4n) is 4.97. The molecule has 0 amide bonds. The summed E-state index contributed by atoms with van der Waals surface area (Å²) in [6, 6.07) is 12.7. The Kier molecular flexibility index (Phi) is 4.54. The number of benzene rings is 2. The number of nitrogens with zero attached hydrogens (tertiary/aromatic N) is 3. The molecule has 0 radical (unpaired) electrons. The molecule has 1 fully saturated rings. The minimum Gasteiger partial charge on any atom is -0.455 e. The Morgan fingerprint density at radius 3 is 2.79 bits per heavy atom. The molecular weight excluding hydrogens is 372 g/mol. The number of likely N-dealkylation sites (N-methyl/N-ethyl adjacent to an activating group) is 1. The highest BCUT2D eigenvalue weighted by Crippen LogP contribution is 2.39. The number of amidine groups is 1. The Morgan fingerprint density at radius 2 is 1.97 bits per heavy atom. The summed E-state index contributed by atoms with van der Waals surface area (Å²) in [5.41, 5.74) is 2.77. The van der Waals surface area contributed by atoms with Crippen molar-refractivity contribution in [3.63, 3.8) is 0 Å². The summed E-state index contributed by atoms with van der Waals surface area (Å²) >= 11 is 0. The summed E-state index contributed by atoms with van der Waals surface area (Å²) in [5.74, 6) is -1.66. The van der Waals surface area contributed by atoms with Crippen LogP contribution in [0.25, 0.3) is 0 Å². The first-order chi connectivity index (χ1) is 14.0. The van der Waals surface area contributed by atoms with Crippen LogP contribution in [-0.4, -0.2) is 54.6 Å². The van der Waals surface area contributed by atoms with Crippen molar-refractivity contribution in [2.45, 2.75) is 30.9 Å². The first kappa shape index (κ1) is 18.6. The Morgan fingerprint density at radius 1 is 1.10 bits per heavy atom. The number of rotatable bonds is 1. The Balaban J connectivity index is 1.51. The maximum absolute atomic E-state index is 14.1. The number of ether oxygens (including phenoxy) is 1. The van der Waals surface area contributed by atoms with Gasteiger partial charge in [-0.15, -0.1) is 0 Å². The van der Waals surface area contributed by atoms with Crippen molar-refractivity contribution >= 4 is 6.02 Å². The summed E-state index contributed by atoms with van der Waals surface area (Å²) in [6.45, 7) is 3.32. The van der Waals surface area contributed by atoms with Crippen LogP contribution in [-0.2, 0) is 11.2 Å². The molecule has 3 aliphatic heterocycles.